The highest BCUT2D eigenvalue weighted by Gasteiger charge is 2.08. The van der Waals surface area contributed by atoms with Gasteiger partial charge < -0.3 is 5.32 Å². The highest BCUT2D eigenvalue weighted by atomic mass is 32.1. The Balaban J connectivity index is 1.54. The highest BCUT2D eigenvalue weighted by Crippen LogP contribution is 2.15. The smallest absolute Gasteiger partial charge is 0.251 e. The molecule has 22 heavy (non-hydrogen) atoms. The second-order valence-corrected chi connectivity index (χ2v) is 6.38. The Morgan fingerprint density at radius 3 is 2.77 bits per heavy atom. The molecule has 2 heterocycles. The van der Waals surface area contributed by atoms with Crippen LogP contribution in [0, 0.1) is 0 Å². The number of amides is 1. The number of aromatic nitrogens is 4. The van der Waals surface area contributed by atoms with Crippen LogP contribution in [0.3, 0.4) is 0 Å². The Morgan fingerprint density at radius 1 is 1.32 bits per heavy atom. The maximum absolute atomic E-state index is 12.1. The zero-order valence-corrected chi connectivity index (χ0v) is 13.3. The maximum atomic E-state index is 12.1. The molecule has 0 saturated carbocycles. The number of fused-ring (bicyclic) bond motifs is 1. The minimum Gasteiger partial charge on any atom is -0.352 e. The van der Waals surface area contributed by atoms with Gasteiger partial charge in [-0.05, 0) is 23.6 Å². The zero-order chi connectivity index (χ0) is 15.5. The minimum absolute atomic E-state index is 0.0571. The number of hydrogen-bond acceptors (Lipinski definition) is 5. The minimum atomic E-state index is -0.0571. The quantitative estimate of drug-likeness (QED) is 0.784. The number of nitrogens with one attached hydrogen (secondary N) is 1. The molecule has 1 amide bonds. The average Bonchev–Trinajstić information content (AvgIpc) is 3.08. The monoisotopic (exact) mass is 315 g/mol. The molecule has 7 heteroatoms. The zero-order valence-electron chi connectivity index (χ0n) is 12.5. The lowest BCUT2D eigenvalue weighted by atomic mass is 10.0. The van der Waals surface area contributed by atoms with E-state index in [0.29, 0.717) is 24.4 Å². The van der Waals surface area contributed by atoms with Crippen LogP contribution in [0.2, 0.25) is 0 Å². The fourth-order valence-corrected chi connectivity index (χ4v) is 2.92. The summed E-state index contributed by atoms with van der Waals surface area (Å²) in [4.78, 5) is 12.9. The predicted octanol–water partition coefficient (Wildman–Crippen LogP) is 2.28. The summed E-state index contributed by atoms with van der Waals surface area (Å²) < 4.78 is 1.65. The molecule has 0 aliphatic carbocycles. The van der Waals surface area contributed by atoms with Crippen molar-refractivity contribution in [3.05, 3.63) is 46.7 Å². The van der Waals surface area contributed by atoms with E-state index in [4.69, 9.17) is 0 Å². The summed E-state index contributed by atoms with van der Waals surface area (Å²) >= 11 is 1.48. The van der Waals surface area contributed by atoms with Crippen molar-refractivity contribution >= 4 is 22.2 Å². The molecule has 0 bridgehead atoms. The fraction of sp³-hybridized carbons (Fsp3) is 0.333. The number of nitrogens with zero attached hydrogens (tertiary/aromatic N) is 4. The van der Waals surface area contributed by atoms with E-state index >= 15 is 0 Å². The van der Waals surface area contributed by atoms with Crippen LogP contribution in [0.5, 0.6) is 0 Å². The molecule has 1 aromatic carbocycles. The Hall–Kier alpha value is -2.28. The molecule has 0 fully saturated rings. The molecule has 0 aliphatic heterocycles. The predicted molar refractivity (Wildman–Crippen MR) is 85.2 cm³/mol. The van der Waals surface area contributed by atoms with Crippen LogP contribution in [-0.4, -0.2) is 32.3 Å². The van der Waals surface area contributed by atoms with E-state index in [1.54, 1.807) is 10.8 Å². The van der Waals surface area contributed by atoms with E-state index in [2.05, 4.69) is 34.5 Å². The third-order valence-electron chi connectivity index (χ3n) is 3.39. The van der Waals surface area contributed by atoms with Gasteiger partial charge in [-0.1, -0.05) is 37.3 Å². The van der Waals surface area contributed by atoms with Crippen LogP contribution in [0.4, 0.5) is 0 Å². The van der Waals surface area contributed by atoms with Crippen LogP contribution < -0.4 is 5.32 Å². The number of hydrogen-bond donors (Lipinski definition) is 1. The standard InChI is InChI=1S/C15H17N5OS/c1-10(2)11-3-5-12(6-4-11)14(21)16-8-7-13-19-20-9-17-18-15(20)22-13/h3-6,9-10H,7-8H2,1-2H3,(H,16,21). The Bertz CT molecular complexity index is 746. The van der Waals surface area contributed by atoms with Crippen molar-refractivity contribution in [1.29, 1.82) is 0 Å². The van der Waals surface area contributed by atoms with Crippen molar-refractivity contribution < 1.29 is 4.79 Å². The molecule has 0 radical (unpaired) electrons. The van der Waals surface area contributed by atoms with Gasteiger partial charge in [-0.15, -0.1) is 10.2 Å². The summed E-state index contributed by atoms with van der Waals surface area (Å²) in [6, 6.07) is 7.74. The summed E-state index contributed by atoms with van der Waals surface area (Å²) in [5.41, 5.74) is 1.92. The first-order valence-corrected chi connectivity index (χ1v) is 7.99. The van der Waals surface area contributed by atoms with Crippen LogP contribution in [0.15, 0.2) is 30.6 Å². The molecule has 114 valence electrons. The second-order valence-electron chi connectivity index (χ2n) is 5.34. The molecular formula is C15H17N5OS. The summed E-state index contributed by atoms with van der Waals surface area (Å²) in [5, 5.41) is 15.9. The normalized spacial score (nSPS) is 11.2. The van der Waals surface area contributed by atoms with Gasteiger partial charge in [0.25, 0.3) is 5.91 Å². The van der Waals surface area contributed by atoms with Gasteiger partial charge >= 0.3 is 0 Å². The fourth-order valence-electron chi connectivity index (χ4n) is 2.11. The van der Waals surface area contributed by atoms with E-state index in [0.717, 1.165) is 9.97 Å². The first-order valence-electron chi connectivity index (χ1n) is 7.17. The molecule has 3 aromatic rings. The van der Waals surface area contributed by atoms with Crippen molar-refractivity contribution in [2.75, 3.05) is 6.54 Å². The molecule has 0 saturated heterocycles. The molecular weight excluding hydrogens is 298 g/mol. The third-order valence-corrected chi connectivity index (χ3v) is 4.37. The molecule has 2 aromatic heterocycles. The van der Waals surface area contributed by atoms with E-state index in [1.165, 1.54) is 16.9 Å². The summed E-state index contributed by atoms with van der Waals surface area (Å²) in [6.45, 7) is 4.82. The first kappa shape index (κ1) is 14.6. The van der Waals surface area contributed by atoms with Crippen LogP contribution in [0.1, 0.15) is 40.7 Å². The van der Waals surface area contributed by atoms with Gasteiger partial charge in [0.05, 0.1) is 0 Å². The third kappa shape index (κ3) is 3.14. The lowest BCUT2D eigenvalue weighted by Crippen LogP contribution is -2.25. The molecule has 3 rings (SSSR count). The van der Waals surface area contributed by atoms with Gasteiger partial charge in [0.15, 0.2) is 0 Å². The lowest BCUT2D eigenvalue weighted by molar-refractivity contribution is 0.0954. The van der Waals surface area contributed by atoms with Crippen LogP contribution in [-0.2, 0) is 6.42 Å². The molecule has 0 atom stereocenters. The van der Waals surface area contributed by atoms with Crippen molar-refractivity contribution in [3.8, 4) is 0 Å². The van der Waals surface area contributed by atoms with Gasteiger partial charge in [-0.3, -0.25) is 4.79 Å². The number of carbonyl (C=O) groups excluding carboxylic acids is 1. The van der Waals surface area contributed by atoms with E-state index in [-0.39, 0.29) is 5.91 Å². The van der Waals surface area contributed by atoms with Crippen molar-refractivity contribution in [3.63, 3.8) is 0 Å². The summed E-state index contributed by atoms with van der Waals surface area (Å²) in [6.07, 6.45) is 2.26. The van der Waals surface area contributed by atoms with E-state index in [9.17, 15) is 4.79 Å². The van der Waals surface area contributed by atoms with Crippen LogP contribution in [0.25, 0.3) is 4.96 Å². The summed E-state index contributed by atoms with van der Waals surface area (Å²) in [5.74, 6) is 0.411. The Labute approximate surface area is 132 Å². The van der Waals surface area contributed by atoms with E-state index in [1.807, 2.05) is 24.3 Å². The summed E-state index contributed by atoms with van der Waals surface area (Å²) in [7, 11) is 0. The highest BCUT2D eigenvalue weighted by molar-refractivity contribution is 7.16. The molecule has 0 aliphatic rings. The molecule has 6 nitrogen and oxygen atoms in total. The second kappa shape index (κ2) is 6.23. The number of carbonyl (C=O) groups is 1. The molecule has 0 unspecified atom stereocenters. The average molecular weight is 315 g/mol. The number of rotatable bonds is 5. The van der Waals surface area contributed by atoms with Gasteiger partial charge in [-0.25, -0.2) is 0 Å². The SMILES string of the molecule is CC(C)c1ccc(C(=O)NCCc2nn3cnnc3s2)cc1. The van der Waals surface area contributed by atoms with Gasteiger partial charge in [0, 0.05) is 18.5 Å². The first-order chi connectivity index (χ1) is 10.6. The topological polar surface area (TPSA) is 72.2 Å². The molecule has 0 spiro atoms. The molecule has 1 N–H and O–H groups in total. The Morgan fingerprint density at radius 2 is 2.09 bits per heavy atom. The number of benzene rings is 1. The lowest BCUT2D eigenvalue weighted by Gasteiger charge is -2.07. The van der Waals surface area contributed by atoms with Crippen molar-refractivity contribution in [2.45, 2.75) is 26.2 Å². The Kier molecular flexibility index (Phi) is 4.15. The van der Waals surface area contributed by atoms with E-state index < -0.39 is 0 Å². The van der Waals surface area contributed by atoms with Gasteiger partial charge in [0.1, 0.15) is 11.3 Å². The van der Waals surface area contributed by atoms with Gasteiger partial charge in [-0.2, -0.15) is 9.61 Å². The largest absolute Gasteiger partial charge is 0.352 e. The van der Waals surface area contributed by atoms with Crippen molar-refractivity contribution in [1.82, 2.24) is 25.1 Å². The van der Waals surface area contributed by atoms with Crippen molar-refractivity contribution in [2.24, 2.45) is 0 Å². The van der Waals surface area contributed by atoms with Gasteiger partial charge in [0.2, 0.25) is 4.96 Å². The maximum Gasteiger partial charge on any atom is 0.251 e. The van der Waals surface area contributed by atoms with Crippen LogP contribution >= 0.6 is 11.3 Å².